The molecule has 0 aromatic heterocycles. The van der Waals surface area contributed by atoms with E-state index in [2.05, 4.69) is 10.6 Å². The number of hydrogen-bond donors (Lipinski definition) is 4. The van der Waals surface area contributed by atoms with Crippen molar-refractivity contribution in [3.05, 3.63) is 71.8 Å². The Morgan fingerprint density at radius 1 is 0.731 bits per heavy atom. The fourth-order valence-corrected chi connectivity index (χ4v) is 2.08. The second kappa shape index (κ2) is 9.68. The highest BCUT2D eigenvalue weighted by molar-refractivity contribution is 5.93. The molecule has 0 heterocycles. The van der Waals surface area contributed by atoms with Crippen LogP contribution in [0.25, 0.3) is 12.2 Å². The lowest BCUT2D eigenvalue weighted by Gasteiger charge is -2.03. The Bertz CT molecular complexity index is 759. The molecular formula is C20H20N2O4. The lowest BCUT2D eigenvalue weighted by atomic mass is 10.2. The lowest BCUT2D eigenvalue weighted by molar-refractivity contribution is -0.118. The van der Waals surface area contributed by atoms with Crippen molar-refractivity contribution in [1.82, 2.24) is 10.6 Å². The summed E-state index contributed by atoms with van der Waals surface area (Å²) in [5, 5.41) is 24.4. The molecule has 4 N–H and O–H groups in total. The van der Waals surface area contributed by atoms with E-state index in [1.54, 1.807) is 36.4 Å². The quantitative estimate of drug-likeness (QED) is 0.453. The molecule has 0 bridgehead atoms. The number of benzene rings is 2. The van der Waals surface area contributed by atoms with Crippen molar-refractivity contribution in [3.8, 4) is 11.5 Å². The Hall–Kier alpha value is -3.54. The van der Waals surface area contributed by atoms with Gasteiger partial charge in [-0.3, -0.25) is 9.59 Å². The molecule has 0 aliphatic carbocycles. The first-order valence-corrected chi connectivity index (χ1v) is 8.04. The minimum atomic E-state index is -0.327. The summed E-state index contributed by atoms with van der Waals surface area (Å²) < 4.78 is 0. The number of carbonyl (C=O) groups excluding carboxylic acids is 2. The summed E-state index contributed by atoms with van der Waals surface area (Å²) in [7, 11) is 0. The van der Waals surface area contributed by atoms with E-state index in [4.69, 9.17) is 0 Å². The van der Waals surface area contributed by atoms with Gasteiger partial charge in [0.25, 0.3) is 0 Å². The molecule has 2 aromatic carbocycles. The Labute approximate surface area is 151 Å². The highest BCUT2D eigenvalue weighted by atomic mass is 16.3. The highest BCUT2D eigenvalue weighted by Gasteiger charge is 2.00. The number of rotatable bonds is 7. The number of nitrogens with one attached hydrogen (secondary N) is 2. The number of carbonyl (C=O) groups is 2. The van der Waals surface area contributed by atoms with E-state index in [-0.39, 0.29) is 36.4 Å². The summed E-state index contributed by atoms with van der Waals surface area (Å²) in [6.45, 7) is 0.528. The molecule has 0 radical (unpaired) electrons. The van der Waals surface area contributed by atoms with Crippen LogP contribution in [0.2, 0.25) is 0 Å². The highest BCUT2D eigenvalue weighted by Crippen LogP contribution is 2.17. The van der Waals surface area contributed by atoms with Crippen LogP contribution in [0.5, 0.6) is 11.5 Å². The van der Waals surface area contributed by atoms with E-state index < -0.39 is 0 Å². The van der Waals surface area contributed by atoms with Crippen LogP contribution in [0.1, 0.15) is 11.1 Å². The first kappa shape index (κ1) is 18.8. The summed E-state index contributed by atoms with van der Waals surface area (Å²) in [4.78, 5) is 23.4. The Balaban J connectivity index is 1.69. The SMILES string of the molecule is O=C(/C=C/c1ccccc1O)NCCNC(=O)/C=C/c1ccccc1O. The van der Waals surface area contributed by atoms with Crippen molar-refractivity contribution in [2.75, 3.05) is 13.1 Å². The van der Waals surface area contributed by atoms with Crippen molar-refractivity contribution in [2.24, 2.45) is 0 Å². The number of phenols is 2. The molecule has 0 fully saturated rings. The summed E-state index contributed by atoms with van der Waals surface area (Å²) in [5.41, 5.74) is 1.09. The zero-order chi connectivity index (χ0) is 18.8. The molecule has 0 saturated carbocycles. The number of aromatic hydroxyl groups is 2. The summed E-state index contributed by atoms with van der Waals surface area (Å²) in [6, 6.07) is 13.4. The maximum Gasteiger partial charge on any atom is 0.244 e. The van der Waals surface area contributed by atoms with Crippen LogP contribution in [0, 0.1) is 0 Å². The van der Waals surface area contributed by atoms with E-state index in [1.165, 1.54) is 36.4 Å². The summed E-state index contributed by atoms with van der Waals surface area (Å²) in [6.07, 6.45) is 5.65. The van der Waals surface area contributed by atoms with Crippen molar-refractivity contribution < 1.29 is 19.8 Å². The van der Waals surface area contributed by atoms with Crippen LogP contribution in [-0.2, 0) is 9.59 Å². The van der Waals surface area contributed by atoms with E-state index >= 15 is 0 Å². The van der Waals surface area contributed by atoms with Gasteiger partial charge in [-0.25, -0.2) is 0 Å². The van der Waals surface area contributed by atoms with Crippen LogP contribution < -0.4 is 10.6 Å². The molecule has 26 heavy (non-hydrogen) atoms. The molecule has 0 aliphatic heterocycles. The van der Waals surface area contributed by atoms with Gasteiger partial charge in [-0.1, -0.05) is 36.4 Å². The van der Waals surface area contributed by atoms with Crippen LogP contribution in [0.4, 0.5) is 0 Å². The normalized spacial score (nSPS) is 10.9. The van der Waals surface area contributed by atoms with Gasteiger partial charge >= 0.3 is 0 Å². The fourth-order valence-electron chi connectivity index (χ4n) is 2.08. The van der Waals surface area contributed by atoms with E-state index in [1.807, 2.05) is 0 Å². The standard InChI is InChI=1S/C20H20N2O4/c23-17-7-3-1-5-15(17)9-11-19(25)21-13-14-22-20(26)12-10-16-6-2-4-8-18(16)24/h1-12,23-24H,13-14H2,(H,21,25)(H,22,26)/b11-9+,12-10+. The smallest absolute Gasteiger partial charge is 0.244 e. The monoisotopic (exact) mass is 352 g/mol. The molecule has 2 rings (SSSR count). The van der Waals surface area contributed by atoms with E-state index in [9.17, 15) is 19.8 Å². The van der Waals surface area contributed by atoms with Gasteiger partial charge in [0, 0.05) is 36.4 Å². The van der Waals surface area contributed by atoms with Gasteiger partial charge in [0.1, 0.15) is 11.5 Å². The van der Waals surface area contributed by atoms with Crippen LogP contribution in [0.15, 0.2) is 60.7 Å². The van der Waals surface area contributed by atoms with Crippen molar-refractivity contribution >= 4 is 24.0 Å². The summed E-state index contributed by atoms with van der Waals surface area (Å²) >= 11 is 0. The minimum Gasteiger partial charge on any atom is -0.507 e. The van der Waals surface area contributed by atoms with Gasteiger partial charge in [-0.05, 0) is 24.3 Å². The summed E-state index contributed by atoms with van der Waals surface area (Å²) in [5.74, 6) is -0.459. The van der Waals surface area contributed by atoms with E-state index in [0.717, 1.165) is 0 Å². The van der Waals surface area contributed by atoms with Crippen LogP contribution in [0.3, 0.4) is 0 Å². The molecule has 2 amide bonds. The lowest BCUT2D eigenvalue weighted by Crippen LogP contribution is -2.33. The number of amides is 2. The van der Waals surface area contributed by atoms with Crippen molar-refractivity contribution in [1.29, 1.82) is 0 Å². The molecule has 6 heteroatoms. The second-order valence-electron chi connectivity index (χ2n) is 5.37. The van der Waals surface area contributed by atoms with Gasteiger partial charge in [-0.2, -0.15) is 0 Å². The number of para-hydroxylation sites is 2. The van der Waals surface area contributed by atoms with E-state index in [0.29, 0.717) is 11.1 Å². The molecule has 0 unspecified atom stereocenters. The van der Waals surface area contributed by atoms with Crippen LogP contribution in [-0.4, -0.2) is 35.1 Å². The molecular weight excluding hydrogens is 332 g/mol. The first-order chi connectivity index (χ1) is 12.6. The number of hydrogen-bond acceptors (Lipinski definition) is 4. The third-order valence-corrected chi connectivity index (χ3v) is 3.43. The van der Waals surface area contributed by atoms with Gasteiger partial charge in [-0.15, -0.1) is 0 Å². The fraction of sp³-hybridized carbons (Fsp3) is 0.100. The van der Waals surface area contributed by atoms with Gasteiger partial charge < -0.3 is 20.8 Å². The average molecular weight is 352 g/mol. The Morgan fingerprint density at radius 3 is 1.50 bits per heavy atom. The zero-order valence-electron chi connectivity index (χ0n) is 14.1. The maximum absolute atomic E-state index is 11.7. The molecule has 134 valence electrons. The Kier molecular flexibility index (Phi) is 7.00. The predicted molar refractivity (Wildman–Crippen MR) is 100 cm³/mol. The van der Waals surface area contributed by atoms with Crippen molar-refractivity contribution in [2.45, 2.75) is 0 Å². The largest absolute Gasteiger partial charge is 0.507 e. The topological polar surface area (TPSA) is 98.7 Å². The molecule has 0 aliphatic rings. The minimum absolute atomic E-state index is 0.0973. The molecule has 2 aromatic rings. The molecule has 6 nitrogen and oxygen atoms in total. The van der Waals surface area contributed by atoms with Gasteiger partial charge in [0.15, 0.2) is 0 Å². The maximum atomic E-state index is 11.7. The van der Waals surface area contributed by atoms with Crippen LogP contribution >= 0.6 is 0 Å². The third kappa shape index (κ3) is 6.16. The molecule has 0 atom stereocenters. The van der Waals surface area contributed by atoms with Crippen molar-refractivity contribution in [3.63, 3.8) is 0 Å². The first-order valence-electron chi connectivity index (χ1n) is 8.04. The van der Waals surface area contributed by atoms with Gasteiger partial charge in [0.2, 0.25) is 11.8 Å². The number of phenolic OH excluding ortho intramolecular Hbond substituents is 2. The average Bonchev–Trinajstić information content (AvgIpc) is 2.64. The third-order valence-electron chi connectivity index (χ3n) is 3.43. The second-order valence-corrected chi connectivity index (χ2v) is 5.37. The zero-order valence-corrected chi connectivity index (χ0v) is 14.1. The molecule has 0 spiro atoms. The van der Waals surface area contributed by atoms with Gasteiger partial charge in [0.05, 0.1) is 0 Å². The predicted octanol–water partition coefficient (Wildman–Crippen LogP) is 2.06. The molecule has 0 saturated heterocycles. The Morgan fingerprint density at radius 2 is 1.12 bits per heavy atom.